The van der Waals surface area contributed by atoms with Crippen molar-refractivity contribution in [2.24, 2.45) is 0 Å². The molecule has 2 rings (SSSR count). The standard InChI is InChI=1S/C12H19BrN2S/c1-2-10(11-4-5-12(13)16-11)15-8-3-6-14-7-9-15/h4-5,10,14H,2-3,6-9H2,1H3. The van der Waals surface area contributed by atoms with Crippen LogP contribution in [0.15, 0.2) is 15.9 Å². The van der Waals surface area contributed by atoms with E-state index < -0.39 is 0 Å². The maximum Gasteiger partial charge on any atom is 0.0701 e. The van der Waals surface area contributed by atoms with Crippen molar-refractivity contribution in [2.45, 2.75) is 25.8 Å². The Morgan fingerprint density at radius 3 is 3.00 bits per heavy atom. The van der Waals surface area contributed by atoms with Gasteiger partial charge in [0, 0.05) is 30.6 Å². The third kappa shape index (κ3) is 3.06. The highest BCUT2D eigenvalue weighted by atomic mass is 79.9. The first kappa shape index (κ1) is 12.6. The van der Waals surface area contributed by atoms with E-state index in [2.05, 4.69) is 45.2 Å². The van der Waals surface area contributed by atoms with Crippen molar-refractivity contribution in [1.82, 2.24) is 10.2 Å². The smallest absolute Gasteiger partial charge is 0.0701 e. The minimum Gasteiger partial charge on any atom is -0.315 e. The monoisotopic (exact) mass is 302 g/mol. The SMILES string of the molecule is CCC(c1ccc(Br)s1)N1CCCNCC1. The maximum absolute atomic E-state index is 3.56. The zero-order chi connectivity index (χ0) is 11.4. The number of nitrogens with zero attached hydrogens (tertiary/aromatic N) is 1. The third-order valence-corrected chi connectivity index (χ3v) is 4.85. The Balaban J connectivity index is 2.08. The van der Waals surface area contributed by atoms with Crippen molar-refractivity contribution in [1.29, 1.82) is 0 Å². The van der Waals surface area contributed by atoms with Gasteiger partial charge in [0.05, 0.1) is 3.79 Å². The van der Waals surface area contributed by atoms with Gasteiger partial charge in [-0.15, -0.1) is 11.3 Å². The molecule has 1 aromatic heterocycles. The van der Waals surface area contributed by atoms with Crippen molar-refractivity contribution >= 4 is 27.3 Å². The topological polar surface area (TPSA) is 15.3 Å². The molecule has 0 aliphatic carbocycles. The highest BCUT2D eigenvalue weighted by Gasteiger charge is 2.20. The highest BCUT2D eigenvalue weighted by Crippen LogP contribution is 2.32. The summed E-state index contributed by atoms with van der Waals surface area (Å²) in [7, 11) is 0. The predicted molar refractivity (Wildman–Crippen MR) is 74.1 cm³/mol. The van der Waals surface area contributed by atoms with E-state index in [0.29, 0.717) is 6.04 Å². The van der Waals surface area contributed by atoms with Crippen LogP contribution in [0.3, 0.4) is 0 Å². The van der Waals surface area contributed by atoms with Gasteiger partial charge >= 0.3 is 0 Å². The molecule has 1 atom stereocenters. The Morgan fingerprint density at radius 1 is 1.44 bits per heavy atom. The minimum atomic E-state index is 0.608. The molecule has 2 heterocycles. The van der Waals surface area contributed by atoms with E-state index in [1.807, 2.05) is 11.3 Å². The van der Waals surface area contributed by atoms with E-state index in [0.717, 1.165) is 6.54 Å². The van der Waals surface area contributed by atoms with Crippen LogP contribution < -0.4 is 5.32 Å². The number of thiophene rings is 1. The van der Waals surface area contributed by atoms with Gasteiger partial charge in [0.15, 0.2) is 0 Å². The van der Waals surface area contributed by atoms with Gasteiger partial charge in [-0.05, 0) is 47.4 Å². The van der Waals surface area contributed by atoms with E-state index in [1.54, 1.807) is 0 Å². The Morgan fingerprint density at radius 2 is 2.31 bits per heavy atom. The van der Waals surface area contributed by atoms with Crippen LogP contribution in [0.1, 0.15) is 30.7 Å². The van der Waals surface area contributed by atoms with Gasteiger partial charge in [-0.3, -0.25) is 4.90 Å². The molecule has 0 amide bonds. The highest BCUT2D eigenvalue weighted by molar-refractivity contribution is 9.11. The fraction of sp³-hybridized carbons (Fsp3) is 0.667. The van der Waals surface area contributed by atoms with E-state index in [9.17, 15) is 0 Å². The molecule has 1 N–H and O–H groups in total. The molecule has 0 aromatic carbocycles. The summed E-state index contributed by atoms with van der Waals surface area (Å²) in [5, 5.41) is 3.47. The van der Waals surface area contributed by atoms with E-state index in [4.69, 9.17) is 0 Å². The zero-order valence-corrected chi connectivity index (χ0v) is 12.1. The Bertz CT molecular complexity index is 319. The molecule has 16 heavy (non-hydrogen) atoms. The van der Waals surface area contributed by atoms with Gasteiger partial charge in [0.1, 0.15) is 0 Å². The van der Waals surface area contributed by atoms with Crippen LogP contribution in [0.5, 0.6) is 0 Å². The van der Waals surface area contributed by atoms with Gasteiger partial charge in [-0.25, -0.2) is 0 Å². The third-order valence-electron chi connectivity index (χ3n) is 3.12. The van der Waals surface area contributed by atoms with Crippen LogP contribution >= 0.6 is 27.3 Å². The van der Waals surface area contributed by atoms with Gasteiger partial charge < -0.3 is 5.32 Å². The molecule has 0 spiro atoms. The zero-order valence-electron chi connectivity index (χ0n) is 9.71. The quantitative estimate of drug-likeness (QED) is 0.922. The molecule has 1 unspecified atom stereocenters. The van der Waals surface area contributed by atoms with Crippen LogP contribution in [-0.2, 0) is 0 Å². The number of hydrogen-bond donors (Lipinski definition) is 1. The molecular weight excluding hydrogens is 284 g/mol. The second kappa shape index (κ2) is 6.15. The fourth-order valence-electron chi connectivity index (χ4n) is 2.32. The first-order chi connectivity index (χ1) is 7.81. The lowest BCUT2D eigenvalue weighted by Gasteiger charge is -2.28. The fourth-order valence-corrected chi connectivity index (χ4v) is 3.97. The lowest BCUT2D eigenvalue weighted by Crippen LogP contribution is -2.31. The van der Waals surface area contributed by atoms with Gasteiger partial charge in [0.2, 0.25) is 0 Å². The average molecular weight is 303 g/mol. The second-order valence-corrected chi connectivity index (χ2v) is 6.70. The van der Waals surface area contributed by atoms with Crippen molar-refractivity contribution in [3.05, 3.63) is 20.8 Å². The molecule has 2 nitrogen and oxygen atoms in total. The summed E-state index contributed by atoms with van der Waals surface area (Å²) in [5.74, 6) is 0. The maximum atomic E-state index is 3.56. The predicted octanol–water partition coefficient (Wildman–Crippen LogP) is 3.26. The Kier molecular flexibility index (Phi) is 4.82. The lowest BCUT2D eigenvalue weighted by molar-refractivity contribution is 0.208. The van der Waals surface area contributed by atoms with Crippen LogP contribution in [-0.4, -0.2) is 31.1 Å². The lowest BCUT2D eigenvalue weighted by atomic mass is 10.1. The molecule has 90 valence electrons. The molecule has 0 radical (unpaired) electrons. The molecule has 1 saturated heterocycles. The molecule has 4 heteroatoms. The second-order valence-electron chi connectivity index (χ2n) is 4.21. The van der Waals surface area contributed by atoms with Crippen LogP contribution in [0, 0.1) is 0 Å². The molecular formula is C12H19BrN2S. The molecule has 0 saturated carbocycles. The van der Waals surface area contributed by atoms with E-state index in [-0.39, 0.29) is 0 Å². The summed E-state index contributed by atoms with van der Waals surface area (Å²) in [4.78, 5) is 4.12. The van der Waals surface area contributed by atoms with Crippen molar-refractivity contribution in [3.63, 3.8) is 0 Å². The summed E-state index contributed by atoms with van der Waals surface area (Å²) in [6.07, 6.45) is 2.47. The van der Waals surface area contributed by atoms with Crippen LogP contribution in [0.2, 0.25) is 0 Å². The summed E-state index contributed by atoms with van der Waals surface area (Å²) in [6.45, 7) is 6.98. The largest absolute Gasteiger partial charge is 0.315 e. The minimum absolute atomic E-state index is 0.608. The number of hydrogen-bond acceptors (Lipinski definition) is 3. The summed E-state index contributed by atoms with van der Waals surface area (Å²) in [5.41, 5.74) is 0. The summed E-state index contributed by atoms with van der Waals surface area (Å²) >= 11 is 5.43. The van der Waals surface area contributed by atoms with Gasteiger partial charge in [-0.1, -0.05) is 6.92 Å². The van der Waals surface area contributed by atoms with Crippen LogP contribution in [0.25, 0.3) is 0 Å². The van der Waals surface area contributed by atoms with Crippen molar-refractivity contribution in [2.75, 3.05) is 26.2 Å². The summed E-state index contributed by atoms with van der Waals surface area (Å²) in [6, 6.07) is 5.04. The Labute approximate surface area is 110 Å². The van der Waals surface area contributed by atoms with Gasteiger partial charge in [-0.2, -0.15) is 0 Å². The molecule has 1 fully saturated rings. The molecule has 1 aromatic rings. The molecule has 1 aliphatic heterocycles. The van der Waals surface area contributed by atoms with Gasteiger partial charge in [0.25, 0.3) is 0 Å². The average Bonchev–Trinajstić information content (AvgIpc) is 2.55. The van der Waals surface area contributed by atoms with Crippen LogP contribution in [0.4, 0.5) is 0 Å². The number of rotatable bonds is 3. The molecule has 0 bridgehead atoms. The first-order valence-corrected chi connectivity index (χ1v) is 7.62. The van der Waals surface area contributed by atoms with E-state index >= 15 is 0 Å². The molecule has 1 aliphatic rings. The number of nitrogens with one attached hydrogen (secondary N) is 1. The number of halogens is 1. The normalized spacial score (nSPS) is 20.6. The Hall–Kier alpha value is 0.1000. The first-order valence-electron chi connectivity index (χ1n) is 6.01. The van der Waals surface area contributed by atoms with Crippen molar-refractivity contribution < 1.29 is 0 Å². The summed E-state index contributed by atoms with van der Waals surface area (Å²) < 4.78 is 1.24. The van der Waals surface area contributed by atoms with E-state index in [1.165, 1.54) is 41.1 Å². The van der Waals surface area contributed by atoms with Crippen molar-refractivity contribution in [3.8, 4) is 0 Å².